The summed E-state index contributed by atoms with van der Waals surface area (Å²) in [5.41, 5.74) is -0.295. The van der Waals surface area contributed by atoms with Gasteiger partial charge in [-0.05, 0) is 35.4 Å². The Labute approximate surface area is 100 Å². The van der Waals surface area contributed by atoms with Gasteiger partial charge in [0.1, 0.15) is 9.39 Å². The fraction of sp³-hybridized carbons (Fsp3) is 0.556. The first-order valence-corrected chi connectivity index (χ1v) is 5.84. The molecule has 2 rings (SSSR count). The highest BCUT2D eigenvalue weighted by atomic mass is 127. The normalized spacial score (nSPS) is 20.7. The van der Waals surface area contributed by atoms with E-state index in [0.29, 0.717) is 12.2 Å². The van der Waals surface area contributed by atoms with E-state index in [1.165, 1.54) is 0 Å². The summed E-state index contributed by atoms with van der Waals surface area (Å²) in [4.78, 5) is 17.9. The Morgan fingerprint density at radius 3 is 3.07 bits per heavy atom. The van der Waals surface area contributed by atoms with Gasteiger partial charge in [-0.1, -0.05) is 0 Å². The third-order valence-corrected chi connectivity index (χ3v) is 3.31. The molecule has 5 nitrogen and oxygen atoms in total. The summed E-state index contributed by atoms with van der Waals surface area (Å²) in [6.45, 7) is 0.769. The van der Waals surface area contributed by atoms with E-state index in [1.54, 1.807) is 22.6 Å². The zero-order valence-corrected chi connectivity index (χ0v) is 10.2. The van der Waals surface area contributed by atoms with Crippen molar-refractivity contribution >= 4 is 22.6 Å². The van der Waals surface area contributed by atoms with E-state index in [0.717, 1.165) is 19.4 Å². The molecule has 1 aliphatic rings. The van der Waals surface area contributed by atoms with Gasteiger partial charge < -0.3 is 14.8 Å². The zero-order chi connectivity index (χ0) is 10.8. The monoisotopic (exact) mass is 322 g/mol. The average molecular weight is 322 g/mol. The molecular formula is C9H11IN2O3. The molecular weight excluding hydrogens is 311 g/mol. The largest absolute Gasteiger partial charge is 0.492 e. The number of aromatic nitrogens is 2. The minimum Gasteiger partial charge on any atom is -0.492 e. The molecule has 1 aromatic rings. The van der Waals surface area contributed by atoms with Crippen molar-refractivity contribution in [3.63, 3.8) is 0 Å². The number of aromatic amines is 1. The summed E-state index contributed by atoms with van der Waals surface area (Å²) in [5, 5.41) is 9.38. The second kappa shape index (κ2) is 4.48. The molecule has 0 aromatic carbocycles. The molecule has 0 radical (unpaired) electrons. The molecule has 0 aliphatic carbocycles. The van der Waals surface area contributed by atoms with Crippen molar-refractivity contribution in [2.45, 2.75) is 25.4 Å². The van der Waals surface area contributed by atoms with E-state index in [2.05, 4.69) is 9.97 Å². The van der Waals surface area contributed by atoms with Gasteiger partial charge in [0, 0.05) is 13.0 Å². The average Bonchev–Trinajstić information content (AvgIpc) is 2.66. The number of nitrogens with zero attached hydrogens (tertiary/aromatic N) is 1. The highest BCUT2D eigenvalue weighted by Crippen LogP contribution is 2.17. The lowest BCUT2D eigenvalue weighted by Gasteiger charge is -2.08. The van der Waals surface area contributed by atoms with Gasteiger partial charge in [0.15, 0.2) is 0 Å². The van der Waals surface area contributed by atoms with Gasteiger partial charge in [0.05, 0.1) is 6.10 Å². The summed E-state index contributed by atoms with van der Waals surface area (Å²) >= 11 is 1.76. The van der Waals surface area contributed by atoms with Crippen LogP contribution in [-0.2, 0) is 11.2 Å². The van der Waals surface area contributed by atoms with E-state index in [-0.39, 0.29) is 21.1 Å². The zero-order valence-electron chi connectivity index (χ0n) is 7.99. The number of rotatable bonds is 2. The van der Waals surface area contributed by atoms with Gasteiger partial charge >= 0.3 is 0 Å². The summed E-state index contributed by atoms with van der Waals surface area (Å²) in [6.07, 6.45) is 2.70. The first kappa shape index (κ1) is 10.9. The van der Waals surface area contributed by atoms with E-state index in [4.69, 9.17) is 4.74 Å². The Morgan fingerprint density at radius 2 is 2.47 bits per heavy atom. The lowest BCUT2D eigenvalue weighted by molar-refractivity contribution is 0.109. The number of halogens is 1. The predicted octanol–water partition coefficient (Wildman–Crippen LogP) is 0.802. The molecule has 6 heteroatoms. The van der Waals surface area contributed by atoms with Gasteiger partial charge in [0.25, 0.3) is 5.56 Å². The van der Waals surface area contributed by atoms with Crippen LogP contribution < -0.4 is 5.56 Å². The minimum atomic E-state index is -0.295. The fourth-order valence-corrected chi connectivity index (χ4v) is 1.87. The predicted molar refractivity (Wildman–Crippen MR) is 61.9 cm³/mol. The maximum absolute atomic E-state index is 11.3. The van der Waals surface area contributed by atoms with Crippen molar-refractivity contribution in [1.82, 2.24) is 9.97 Å². The van der Waals surface area contributed by atoms with Gasteiger partial charge in [-0.2, -0.15) is 4.98 Å². The number of nitrogens with one attached hydrogen (secondary N) is 1. The fourth-order valence-electron chi connectivity index (χ4n) is 1.61. The highest BCUT2D eigenvalue weighted by molar-refractivity contribution is 14.1. The second-order valence-corrected chi connectivity index (χ2v) is 4.57. The van der Waals surface area contributed by atoms with Crippen molar-refractivity contribution < 1.29 is 9.84 Å². The molecule has 1 unspecified atom stereocenters. The van der Waals surface area contributed by atoms with Gasteiger partial charge in [-0.15, -0.1) is 0 Å². The number of hydrogen-bond donors (Lipinski definition) is 2. The lowest BCUT2D eigenvalue weighted by Crippen LogP contribution is -2.18. The van der Waals surface area contributed by atoms with E-state index in [9.17, 15) is 9.90 Å². The summed E-state index contributed by atoms with van der Waals surface area (Å²) < 4.78 is 5.65. The molecule has 0 amide bonds. The summed E-state index contributed by atoms with van der Waals surface area (Å²) in [6, 6.07) is 0. The smallest absolute Gasteiger partial charge is 0.268 e. The molecule has 0 saturated carbocycles. The molecule has 2 heterocycles. The van der Waals surface area contributed by atoms with Crippen molar-refractivity contribution in [2.24, 2.45) is 0 Å². The molecule has 1 fully saturated rings. The SMILES string of the molecule is O=c1[nH]c(CC2CCCO2)nc(O)c1I. The number of H-pyrrole nitrogens is 1. The first-order valence-electron chi connectivity index (χ1n) is 4.76. The van der Waals surface area contributed by atoms with E-state index >= 15 is 0 Å². The quantitative estimate of drug-likeness (QED) is 0.790. The van der Waals surface area contributed by atoms with Crippen LogP contribution in [-0.4, -0.2) is 27.8 Å². The van der Waals surface area contributed by atoms with Crippen LogP contribution in [0.4, 0.5) is 0 Å². The number of ether oxygens (including phenoxy) is 1. The Bertz CT molecular complexity index is 412. The summed E-state index contributed by atoms with van der Waals surface area (Å²) in [5.74, 6) is 0.289. The molecule has 0 bridgehead atoms. The molecule has 2 N–H and O–H groups in total. The lowest BCUT2D eigenvalue weighted by atomic mass is 10.2. The van der Waals surface area contributed by atoms with Gasteiger partial charge in [0.2, 0.25) is 5.88 Å². The van der Waals surface area contributed by atoms with Crippen molar-refractivity contribution in [3.8, 4) is 5.88 Å². The molecule has 82 valence electrons. The second-order valence-electron chi connectivity index (χ2n) is 3.49. The molecule has 1 aliphatic heterocycles. The standard InChI is InChI=1S/C9H11IN2O3/c10-7-8(13)11-6(12-9(7)14)4-5-2-1-3-15-5/h5H,1-4H2,(H2,11,12,13,14). The molecule has 1 atom stereocenters. The van der Waals surface area contributed by atoms with Crippen molar-refractivity contribution in [1.29, 1.82) is 0 Å². The Hall–Kier alpha value is -0.630. The van der Waals surface area contributed by atoms with Gasteiger partial charge in [-0.25, -0.2) is 0 Å². The highest BCUT2D eigenvalue weighted by Gasteiger charge is 2.18. The van der Waals surface area contributed by atoms with Crippen LogP contribution in [0.2, 0.25) is 0 Å². The number of aromatic hydroxyl groups is 1. The van der Waals surface area contributed by atoms with E-state index in [1.807, 2.05) is 0 Å². The summed E-state index contributed by atoms with van der Waals surface area (Å²) in [7, 11) is 0. The van der Waals surface area contributed by atoms with Crippen LogP contribution >= 0.6 is 22.6 Å². The van der Waals surface area contributed by atoms with Crippen LogP contribution in [0.1, 0.15) is 18.7 Å². The third kappa shape index (κ3) is 2.49. The Kier molecular flexibility index (Phi) is 3.25. The Morgan fingerprint density at radius 1 is 1.67 bits per heavy atom. The molecule has 1 saturated heterocycles. The Balaban J connectivity index is 2.18. The van der Waals surface area contributed by atoms with Gasteiger partial charge in [-0.3, -0.25) is 4.79 Å². The van der Waals surface area contributed by atoms with Crippen LogP contribution in [0.25, 0.3) is 0 Å². The van der Waals surface area contributed by atoms with Crippen molar-refractivity contribution in [3.05, 3.63) is 19.7 Å². The molecule has 15 heavy (non-hydrogen) atoms. The van der Waals surface area contributed by atoms with Crippen molar-refractivity contribution in [2.75, 3.05) is 6.61 Å². The van der Waals surface area contributed by atoms with Crippen LogP contribution in [0, 0.1) is 3.57 Å². The third-order valence-electron chi connectivity index (χ3n) is 2.34. The molecule has 0 spiro atoms. The maximum Gasteiger partial charge on any atom is 0.268 e. The van der Waals surface area contributed by atoms with E-state index < -0.39 is 0 Å². The van der Waals surface area contributed by atoms with Crippen LogP contribution in [0.15, 0.2) is 4.79 Å². The van der Waals surface area contributed by atoms with Crippen LogP contribution in [0.3, 0.4) is 0 Å². The maximum atomic E-state index is 11.3. The minimum absolute atomic E-state index is 0.118. The van der Waals surface area contributed by atoms with Crippen LogP contribution in [0.5, 0.6) is 5.88 Å². The number of hydrogen-bond acceptors (Lipinski definition) is 4. The molecule has 1 aromatic heterocycles. The first-order chi connectivity index (χ1) is 7.16. The topological polar surface area (TPSA) is 75.2 Å².